The van der Waals surface area contributed by atoms with E-state index in [0.29, 0.717) is 12.2 Å². The molecule has 0 spiro atoms. The van der Waals surface area contributed by atoms with E-state index in [1.165, 1.54) is 12.8 Å². The molecule has 7 nitrogen and oxygen atoms in total. The van der Waals surface area contributed by atoms with E-state index in [4.69, 9.17) is 8.94 Å². The van der Waals surface area contributed by atoms with Crippen LogP contribution in [0.25, 0.3) is 0 Å². The highest BCUT2D eigenvalue weighted by Gasteiger charge is 2.17. The van der Waals surface area contributed by atoms with E-state index in [1.807, 2.05) is 13.0 Å². The molecule has 21 heavy (non-hydrogen) atoms. The fraction of sp³-hybridized carbons (Fsp3) is 0.500. The van der Waals surface area contributed by atoms with Crippen LogP contribution in [0.15, 0.2) is 21.1 Å². The molecule has 1 fully saturated rings. The molecule has 0 aliphatic carbocycles. The standard InChI is InChI=1S/C14H18N4O3/c1-2-12-15-14(21-17-12)16-13(19)11-6-5-10(20-11)9-18-7-3-4-8-18/h5-6H,2-4,7-9H2,1H3,(H,15,16,17,19). The molecular weight excluding hydrogens is 272 g/mol. The van der Waals surface area contributed by atoms with Gasteiger partial charge in [-0.2, -0.15) is 4.98 Å². The van der Waals surface area contributed by atoms with E-state index in [9.17, 15) is 4.79 Å². The maximum Gasteiger partial charge on any atom is 0.328 e. The van der Waals surface area contributed by atoms with Gasteiger partial charge in [-0.3, -0.25) is 15.0 Å². The van der Waals surface area contributed by atoms with Gasteiger partial charge in [0.05, 0.1) is 6.54 Å². The lowest BCUT2D eigenvalue weighted by Crippen LogP contribution is -2.18. The van der Waals surface area contributed by atoms with Crippen molar-refractivity contribution >= 4 is 11.9 Å². The Kier molecular flexibility index (Phi) is 4.01. The highest BCUT2D eigenvalue weighted by molar-refractivity contribution is 6.00. The van der Waals surface area contributed by atoms with Crippen LogP contribution < -0.4 is 5.32 Å². The van der Waals surface area contributed by atoms with Crippen molar-refractivity contribution in [2.24, 2.45) is 0 Å². The van der Waals surface area contributed by atoms with Crippen LogP contribution in [-0.2, 0) is 13.0 Å². The van der Waals surface area contributed by atoms with Gasteiger partial charge in [-0.25, -0.2) is 0 Å². The fourth-order valence-corrected chi connectivity index (χ4v) is 2.35. The third kappa shape index (κ3) is 3.30. The Morgan fingerprint density at radius 2 is 2.19 bits per heavy atom. The first-order chi connectivity index (χ1) is 10.2. The molecule has 1 N–H and O–H groups in total. The monoisotopic (exact) mass is 290 g/mol. The molecule has 0 unspecified atom stereocenters. The van der Waals surface area contributed by atoms with Gasteiger partial charge in [0.1, 0.15) is 5.76 Å². The summed E-state index contributed by atoms with van der Waals surface area (Å²) in [7, 11) is 0. The molecule has 7 heteroatoms. The van der Waals surface area contributed by atoms with Crippen LogP contribution in [0.5, 0.6) is 0 Å². The number of rotatable bonds is 5. The van der Waals surface area contributed by atoms with Crippen LogP contribution in [0.4, 0.5) is 6.01 Å². The zero-order valence-corrected chi connectivity index (χ0v) is 12.0. The molecule has 2 aromatic heterocycles. The number of hydrogen-bond donors (Lipinski definition) is 1. The van der Waals surface area contributed by atoms with Gasteiger partial charge in [0.25, 0.3) is 5.91 Å². The van der Waals surface area contributed by atoms with E-state index < -0.39 is 0 Å². The first-order valence-corrected chi connectivity index (χ1v) is 7.19. The zero-order valence-electron chi connectivity index (χ0n) is 12.0. The first-order valence-electron chi connectivity index (χ1n) is 7.19. The van der Waals surface area contributed by atoms with Crippen molar-refractivity contribution < 1.29 is 13.7 Å². The van der Waals surface area contributed by atoms with Crippen molar-refractivity contribution in [1.29, 1.82) is 0 Å². The molecule has 0 aromatic carbocycles. The second kappa shape index (κ2) is 6.09. The predicted molar refractivity (Wildman–Crippen MR) is 74.8 cm³/mol. The van der Waals surface area contributed by atoms with Gasteiger partial charge in [0, 0.05) is 6.42 Å². The molecule has 1 aliphatic rings. The van der Waals surface area contributed by atoms with Crippen LogP contribution in [0, 0.1) is 0 Å². The molecule has 0 bridgehead atoms. The van der Waals surface area contributed by atoms with E-state index >= 15 is 0 Å². The first kappa shape index (κ1) is 13.8. The summed E-state index contributed by atoms with van der Waals surface area (Å²) in [5.74, 6) is 1.22. The summed E-state index contributed by atoms with van der Waals surface area (Å²) >= 11 is 0. The number of hydrogen-bond acceptors (Lipinski definition) is 6. The van der Waals surface area contributed by atoms with E-state index in [-0.39, 0.29) is 17.7 Å². The van der Waals surface area contributed by atoms with Gasteiger partial charge in [0.2, 0.25) is 0 Å². The van der Waals surface area contributed by atoms with E-state index in [0.717, 1.165) is 25.4 Å². The Morgan fingerprint density at radius 1 is 1.38 bits per heavy atom. The van der Waals surface area contributed by atoms with Crippen LogP contribution in [0.1, 0.15) is 41.9 Å². The van der Waals surface area contributed by atoms with Crippen LogP contribution in [0.3, 0.4) is 0 Å². The van der Waals surface area contributed by atoms with Crippen molar-refractivity contribution in [2.45, 2.75) is 32.7 Å². The van der Waals surface area contributed by atoms with Crippen molar-refractivity contribution in [3.05, 3.63) is 29.5 Å². The zero-order chi connectivity index (χ0) is 14.7. The smallest absolute Gasteiger partial charge is 0.328 e. The number of amides is 1. The number of nitrogens with zero attached hydrogens (tertiary/aromatic N) is 3. The minimum atomic E-state index is -0.381. The number of aryl methyl sites for hydroxylation is 1. The topological polar surface area (TPSA) is 84.4 Å². The number of anilines is 1. The van der Waals surface area contributed by atoms with Crippen LogP contribution in [0.2, 0.25) is 0 Å². The van der Waals surface area contributed by atoms with Gasteiger partial charge in [-0.15, -0.1) is 0 Å². The number of likely N-dealkylation sites (tertiary alicyclic amines) is 1. The average molecular weight is 290 g/mol. The Hall–Kier alpha value is -2.15. The Bertz CT molecular complexity index is 613. The maximum absolute atomic E-state index is 12.0. The predicted octanol–water partition coefficient (Wildman–Crippen LogP) is 2.07. The van der Waals surface area contributed by atoms with Crippen LogP contribution in [-0.4, -0.2) is 34.0 Å². The summed E-state index contributed by atoms with van der Waals surface area (Å²) < 4.78 is 10.5. The normalized spacial score (nSPS) is 15.5. The lowest BCUT2D eigenvalue weighted by atomic mass is 10.4. The maximum atomic E-state index is 12.0. The number of furan rings is 1. The van der Waals surface area contributed by atoms with Gasteiger partial charge in [0.15, 0.2) is 11.6 Å². The van der Waals surface area contributed by atoms with Crippen molar-refractivity contribution in [1.82, 2.24) is 15.0 Å². The number of carbonyl (C=O) groups excluding carboxylic acids is 1. The minimum absolute atomic E-state index is 0.0920. The van der Waals surface area contributed by atoms with Crippen molar-refractivity contribution in [2.75, 3.05) is 18.4 Å². The molecule has 112 valence electrons. The third-order valence-corrected chi connectivity index (χ3v) is 3.47. The lowest BCUT2D eigenvalue weighted by molar-refractivity contribution is 0.0989. The number of aromatic nitrogens is 2. The minimum Gasteiger partial charge on any atom is -0.455 e. The number of nitrogens with one attached hydrogen (secondary N) is 1. The summed E-state index contributed by atoms with van der Waals surface area (Å²) in [4.78, 5) is 18.4. The molecule has 2 aromatic rings. The second-order valence-electron chi connectivity index (χ2n) is 5.07. The molecule has 1 saturated heterocycles. The van der Waals surface area contributed by atoms with Gasteiger partial charge in [-0.05, 0) is 38.1 Å². The van der Waals surface area contributed by atoms with E-state index in [1.54, 1.807) is 6.07 Å². The van der Waals surface area contributed by atoms with Gasteiger partial charge < -0.3 is 8.94 Å². The molecule has 0 radical (unpaired) electrons. The number of carbonyl (C=O) groups is 1. The third-order valence-electron chi connectivity index (χ3n) is 3.47. The van der Waals surface area contributed by atoms with Gasteiger partial charge >= 0.3 is 6.01 Å². The lowest BCUT2D eigenvalue weighted by Gasteiger charge is -2.11. The average Bonchev–Trinajstić information content (AvgIpc) is 3.20. The summed E-state index contributed by atoms with van der Waals surface area (Å²) in [6.07, 6.45) is 3.11. The largest absolute Gasteiger partial charge is 0.455 e. The highest BCUT2D eigenvalue weighted by atomic mass is 16.5. The Morgan fingerprint density at radius 3 is 2.90 bits per heavy atom. The highest BCUT2D eigenvalue weighted by Crippen LogP contribution is 2.16. The van der Waals surface area contributed by atoms with Gasteiger partial charge in [-0.1, -0.05) is 12.1 Å². The van der Waals surface area contributed by atoms with Crippen molar-refractivity contribution in [3.8, 4) is 0 Å². The summed E-state index contributed by atoms with van der Waals surface area (Å²) in [5.41, 5.74) is 0. The fourth-order valence-electron chi connectivity index (χ4n) is 2.35. The van der Waals surface area contributed by atoms with E-state index in [2.05, 4.69) is 20.4 Å². The molecule has 3 heterocycles. The molecular formula is C14H18N4O3. The Labute approximate surface area is 122 Å². The Balaban J connectivity index is 1.60. The van der Waals surface area contributed by atoms with Crippen LogP contribution >= 0.6 is 0 Å². The summed E-state index contributed by atoms with van der Waals surface area (Å²) in [6.45, 7) is 4.83. The molecule has 1 aliphatic heterocycles. The quantitative estimate of drug-likeness (QED) is 0.907. The second-order valence-corrected chi connectivity index (χ2v) is 5.07. The molecule has 3 rings (SSSR count). The molecule has 1 amide bonds. The molecule has 0 saturated carbocycles. The summed E-state index contributed by atoms with van der Waals surface area (Å²) in [5, 5.41) is 6.25. The SMILES string of the molecule is CCc1noc(NC(=O)c2ccc(CN3CCCC3)o2)n1. The summed E-state index contributed by atoms with van der Waals surface area (Å²) in [6, 6.07) is 3.59. The molecule has 0 atom stereocenters. The van der Waals surface area contributed by atoms with Crippen molar-refractivity contribution in [3.63, 3.8) is 0 Å².